The summed E-state index contributed by atoms with van der Waals surface area (Å²) >= 11 is 0. The van der Waals surface area contributed by atoms with E-state index in [1.54, 1.807) is 13.8 Å². The molecule has 1 saturated heterocycles. The number of carbonyl (C=O) groups is 1. The van der Waals surface area contributed by atoms with Crippen LogP contribution in [0.2, 0.25) is 0 Å². The van der Waals surface area contributed by atoms with Crippen molar-refractivity contribution in [3.8, 4) is 5.88 Å². The summed E-state index contributed by atoms with van der Waals surface area (Å²) in [6.45, 7) is 10.1. The molecule has 2 aromatic rings. The zero-order chi connectivity index (χ0) is 23.8. The predicted octanol–water partition coefficient (Wildman–Crippen LogP) is 2.73. The quantitative estimate of drug-likeness (QED) is 0.667. The number of hydrogen-bond donors (Lipinski definition) is 2. The first-order valence-electron chi connectivity index (χ1n) is 10.3. The van der Waals surface area contributed by atoms with Gasteiger partial charge < -0.3 is 15.4 Å². The fourth-order valence-electron chi connectivity index (χ4n) is 3.56. The van der Waals surface area contributed by atoms with Gasteiger partial charge in [0.15, 0.2) is 10.8 Å². The summed E-state index contributed by atoms with van der Waals surface area (Å²) in [5, 5.41) is -0.421. The van der Waals surface area contributed by atoms with E-state index in [1.807, 2.05) is 23.5 Å². The molecule has 1 aliphatic heterocycles. The summed E-state index contributed by atoms with van der Waals surface area (Å²) in [4.78, 5) is 23.0. The Morgan fingerprint density at radius 1 is 1.34 bits per heavy atom. The van der Waals surface area contributed by atoms with E-state index in [-0.39, 0.29) is 35.1 Å². The Morgan fingerprint density at radius 2 is 2.03 bits per heavy atom. The first kappa shape index (κ1) is 23.7. The molecular formula is C21H28FN5O4S. The molecule has 174 valence electrons. The minimum atomic E-state index is -4.34. The van der Waals surface area contributed by atoms with E-state index in [9.17, 15) is 17.6 Å². The van der Waals surface area contributed by atoms with Gasteiger partial charge in [-0.05, 0) is 58.2 Å². The van der Waals surface area contributed by atoms with Crippen LogP contribution in [-0.2, 0) is 10.0 Å². The van der Waals surface area contributed by atoms with Crippen molar-refractivity contribution >= 4 is 27.6 Å². The van der Waals surface area contributed by atoms with E-state index < -0.39 is 32.3 Å². The minimum absolute atomic E-state index is 0.0169. The maximum Gasteiger partial charge on any atom is 0.281 e. The van der Waals surface area contributed by atoms with Gasteiger partial charge >= 0.3 is 0 Å². The van der Waals surface area contributed by atoms with Crippen molar-refractivity contribution in [2.45, 2.75) is 57.7 Å². The number of carbonyl (C=O) groups excluding carboxylic acids is 1. The first-order chi connectivity index (χ1) is 14.8. The van der Waals surface area contributed by atoms with Gasteiger partial charge in [0.05, 0.1) is 11.7 Å². The summed E-state index contributed by atoms with van der Waals surface area (Å²) in [5.41, 5.74) is 4.94. The van der Waals surface area contributed by atoms with Crippen molar-refractivity contribution in [1.29, 1.82) is 0 Å². The smallest absolute Gasteiger partial charge is 0.281 e. The monoisotopic (exact) mass is 465 g/mol. The second-order valence-corrected chi connectivity index (χ2v) is 10.3. The lowest BCUT2D eigenvalue weighted by molar-refractivity contribution is 0.0980. The summed E-state index contributed by atoms with van der Waals surface area (Å²) in [6.07, 6.45) is 0.490. The van der Waals surface area contributed by atoms with Gasteiger partial charge in [-0.1, -0.05) is 13.0 Å². The average molecular weight is 466 g/mol. The molecule has 1 amide bonds. The molecule has 0 aliphatic carbocycles. The predicted molar refractivity (Wildman–Crippen MR) is 118 cm³/mol. The maximum atomic E-state index is 14.8. The van der Waals surface area contributed by atoms with E-state index in [1.165, 1.54) is 18.2 Å². The van der Waals surface area contributed by atoms with Gasteiger partial charge in [0.2, 0.25) is 0 Å². The lowest BCUT2D eigenvalue weighted by atomic mass is 9.90. The third kappa shape index (κ3) is 4.62. The van der Waals surface area contributed by atoms with E-state index in [0.29, 0.717) is 6.54 Å². The van der Waals surface area contributed by atoms with Crippen LogP contribution in [0, 0.1) is 11.7 Å². The van der Waals surface area contributed by atoms with Crippen molar-refractivity contribution in [1.82, 2.24) is 14.7 Å². The first-order valence-corrected chi connectivity index (χ1v) is 11.8. The molecule has 0 spiro atoms. The van der Waals surface area contributed by atoms with Gasteiger partial charge in [0.1, 0.15) is 11.6 Å². The lowest BCUT2D eigenvalue weighted by Crippen LogP contribution is -2.44. The highest BCUT2D eigenvalue weighted by molar-refractivity contribution is 7.90. The minimum Gasteiger partial charge on any atom is -0.473 e. The number of nitrogen functional groups attached to an aromatic ring is 1. The van der Waals surface area contributed by atoms with E-state index in [0.717, 1.165) is 12.5 Å². The second kappa shape index (κ2) is 8.53. The summed E-state index contributed by atoms with van der Waals surface area (Å²) in [6, 6.07) is 4.98. The Morgan fingerprint density at radius 3 is 2.59 bits per heavy atom. The van der Waals surface area contributed by atoms with Crippen LogP contribution in [0.1, 0.15) is 51.4 Å². The van der Waals surface area contributed by atoms with Gasteiger partial charge in [0.25, 0.3) is 21.8 Å². The Hall–Kier alpha value is -2.95. The summed E-state index contributed by atoms with van der Waals surface area (Å²) in [5.74, 6) is -1.73. The van der Waals surface area contributed by atoms with Crippen molar-refractivity contribution in [3.63, 3.8) is 0 Å². The summed E-state index contributed by atoms with van der Waals surface area (Å²) in [7, 11) is -4.34. The standard InChI is InChI=1S/C21H28FN5O4S/c1-12(2)31-20-15(22)11-14(18(25-20)27-10-9-13(3)21(27,4)5)19(28)26-32(29,30)17-8-6-7-16(23)24-17/h6-8,11-13H,9-10H2,1-5H3,(H2,23,24)(H,26,28). The molecule has 3 N–H and O–H groups in total. The van der Waals surface area contributed by atoms with Gasteiger partial charge in [-0.25, -0.2) is 14.1 Å². The van der Waals surface area contributed by atoms with E-state index >= 15 is 0 Å². The van der Waals surface area contributed by atoms with Crippen molar-refractivity contribution in [3.05, 3.63) is 35.6 Å². The zero-order valence-electron chi connectivity index (χ0n) is 18.7. The molecule has 0 aromatic carbocycles. The number of anilines is 2. The Kier molecular flexibility index (Phi) is 6.32. The van der Waals surface area contributed by atoms with Crippen LogP contribution in [0.15, 0.2) is 29.3 Å². The number of halogens is 1. The molecule has 32 heavy (non-hydrogen) atoms. The molecular weight excluding hydrogens is 437 g/mol. The number of nitrogens with one attached hydrogen (secondary N) is 1. The molecule has 3 heterocycles. The molecule has 0 bridgehead atoms. The fourth-order valence-corrected chi connectivity index (χ4v) is 4.50. The molecule has 1 unspecified atom stereocenters. The highest BCUT2D eigenvalue weighted by atomic mass is 32.2. The molecule has 3 rings (SSSR count). The number of rotatable bonds is 6. The van der Waals surface area contributed by atoms with Crippen molar-refractivity contribution in [2.24, 2.45) is 5.92 Å². The number of nitrogens with zero attached hydrogens (tertiary/aromatic N) is 3. The number of ether oxygens (including phenoxy) is 1. The van der Waals surface area contributed by atoms with Gasteiger partial charge in [-0.3, -0.25) is 4.79 Å². The average Bonchev–Trinajstić information content (AvgIpc) is 2.95. The van der Waals surface area contributed by atoms with Crippen LogP contribution >= 0.6 is 0 Å². The van der Waals surface area contributed by atoms with Crippen LogP contribution < -0.4 is 20.1 Å². The number of sulfonamides is 1. The number of nitrogens with two attached hydrogens (primary N) is 1. The summed E-state index contributed by atoms with van der Waals surface area (Å²) < 4.78 is 47.5. The molecule has 1 fully saturated rings. The number of aromatic nitrogens is 2. The number of amides is 1. The second-order valence-electron chi connectivity index (χ2n) is 8.64. The Balaban J connectivity index is 2.06. The third-order valence-corrected chi connectivity index (χ3v) is 6.94. The van der Waals surface area contributed by atoms with E-state index in [4.69, 9.17) is 10.5 Å². The molecule has 0 radical (unpaired) electrons. The van der Waals surface area contributed by atoms with Gasteiger partial charge in [0, 0.05) is 12.1 Å². The SMILES string of the molecule is CC(C)Oc1nc(N2CCC(C)C2(C)C)c(C(=O)NS(=O)(=O)c2cccc(N)n2)cc1F. The molecule has 1 atom stereocenters. The van der Waals surface area contributed by atoms with Crippen LogP contribution in [0.4, 0.5) is 16.0 Å². The normalized spacial score (nSPS) is 18.1. The van der Waals surface area contributed by atoms with Gasteiger partial charge in [-0.2, -0.15) is 13.4 Å². The van der Waals surface area contributed by atoms with Crippen molar-refractivity contribution in [2.75, 3.05) is 17.2 Å². The largest absolute Gasteiger partial charge is 0.473 e. The lowest BCUT2D eigenvalue weighted by Gasteiger charge is -2.36. The van der Waals surface area contributed by atoms with Crippen LogP contribution in [0.5, 0.6) is 5.88 Å². The topological polar surface area (TPSA) is 128 Å². The number of pyridine rings is 2. The van der Waals surface area contributed by atoms with E-state index in [2.05, 4.69) is 16.9 Å². The zero-order valence-corrected chi connectivity index (χ0v) is 19.5. The van der Waals surface area contributed by atoms with Crippen LogP contribution in [0.25, 0.3) is 0 Å². The molecule has 1 aliphatic rings. The highest BCUT2D eigenvalue weighted by Gasteiger charge is 2.41. The maximum absolute atomic E-state index is 14.8. The van der Waals surface area contributed by atoms with Gasteiger partial charge in [-0.15, -0.1) is 0 Å². The van der Waals surface area contributed by atoms with Crippen molar-refractivity contribution < 1.29 is 22.3 Å². The third-order valence-electron chi connectivity index (χ3n) is 5.71. The van der Waals surface area contributed by atoms with Crippen LogP contribution in [0.3, 0.4) is 0 Å². The molecule has 11 heteroatoms. The Labute approximate surface area is 187 Å². The van der Waals surface area contributed by atoms with Crippen LogP contribution in [-0.4, -0.2) is 42.5 Å². The highest BCUT2D eigenvalue weighted by Crippen LogP contribution is 2.39. The fraction of sp³-hybridized carbons (Fsp3) is 0.476. The number of hydrogen-bond acceptors (Lipinski definition) is 8. The molecule has 9 nitrogen and oxygen atoms in total. The molecule has 0 saturated carbocycles. The Bertz CT molecular complexity index is 1140. The molecule has 2 aromatic heterocycles.